The SMILES string of the molecule is O=S(=O)(NCc1nnc2ccc(-c3cccs3)nn12)c1ccccc1F. The van der Waals surface area contributed by atoms with Crippen molar-refractivity contribution in [2.24, 2.45) is 0 Å². The molecule has 132 valence electrons. The van der Waals surface area contributed by atoms with E-state index in [0.717, 1.165) is 16.6 Å². The van der Waals surface area contributed by atoms with Crippen molar-refractivity contribution in [2.45, 2.75) is 11.4 Å². The van der Waals surface area contributed by atoms with E-state index in [1.165, 1.54) is 34.1 Å². The number of rotatable bonds is 5. The second-order valence-corrected chi connectivity index (χ2v) is 8.02. The van der Waals surface area contributed by atoms with E-state index in [4.69, 9.17) is 0 Å². The summed E-state index contributed by atoms with van der Waals surface area (Å²) in [6, 6.07) is 12.6. The molecule has 3 aromatic heterocycles. The summed E-state index contributed by atoms with van der Waals surface area (Å²) in [4.78, 5) is 0.555. The topological polar surface area (TPSA) is 89.2 Å². The second kappa shape index (κ2) is 6.56. The lowest BCUT2D eigenvalue weighted by molar-refractivity contribution is 0.554. The fourth-order valence-corrected chi connectivity index (χ4v) is 4.15. The van der Waals surface area contributed by atoms with Gasteiger partial charge in [0.05, 0.1) is 11.4 Å². The van der Waals surface area contributed by atoms with Crippen LogP contribution in [0, 0.1) is 5.82 Å². The third-order valence-corrected chi connectivity index (χ3v) is 5.97. The molecular formula is C16H12FN5O2S2. The highest BCUT2D eigenvalue weighted by Crippen LogP contribution is 2.22. The molecule has 0 amide bonds. The fraction of sp³-hybridized carbons (Fsp3) is 0.0625. The van der Waals surface area contributed by atoms with Gasteiger partial charge in [0.15, 0.2) is 11.5 Å². The number of hydrogen-bond donors (Lipinski definition) is 1. The molecule has 0 atom stereocenters. The Balaban J connectivity index is 1.63. The van der Waals surface area contributed by atoms with Crippen LogP contribution >= 0.6 is 11.3 Å². The molecule has 4 rings (SSSR count). The van der Waals surface area contributed by atoms with Crippen LogP contribution in [0.1, 0.15) is 5.82 Å². The van der Waals surface area contributed by atoms with E-state index in [2.05, 4.69) is 20.0 Å². The predicted octanol–water partition coefficient (Wildman–Crippen LogP) is 2.47. The minimum atomic E-state index is -4.02. The molecule has 0 radical (unpaired) electrons. The monoisotopic (exact) mass is 389 g/mol. The number of fused-ring (bicyclic) bond motifs is 1. The number of halogens is 1. The first kappa shape index (κ1) is 16.8. The van der Waals surface area contributed by atoms with Crippen molar-refractivity contribution in [3.63, 3.8) is 0 Å². The summed E-state index contributed by atoms with van der Waals surface area (Å²) in [5, 5.41) is 14.4. The first-order valence-electron chi connectivity index (χ1n) is 7.54. The van der Waals surface area contributed by atoms with Crippen molar-refractivity contribution >= 4 is 27.0 Å². The van der Waals surface area contributed by atoms with Gasteiger partial charge in [0, 0.05) is 0 Å². The summed E-state index contributed by atoms with van der Waals surface area (Å²) < 4.78 is 42.2. The van der Waals surface area contributed by atoms with Crippen molar-refractivity contribution in [3.8, 4) is 10.6 Å². The van der Waals surface area contributed by atoms with Gasteiger partial charge in [0.25, 0.3) is 0 Å². The molecule has 26 heavy (non-hydrogen) atoms. The van der Waals surface area contributed by atoms with E-state index in [1.54, 1.807) is 6.07 Å². The molecule has 0 spiro atoms. The lowest BCUT2D eigenvalue weighted by Crippen LogP contribution is -2.25. The standard InChI is InChI=1S/C16H12FN5O2S2/c17-11-4-1-2-6-14(11)26(23,24)18-10-16-20-19-15-8-7-12(21-22(15)16)13-5-3-9-25-13/h1-9,18H,10H2. The molecule has 7 nitrogen and oxygen atoms in total. The summed E-state index contributed by atoms with van der Waals surface area (Å²) in [6.07, 6.45) is 0. The molecule has 0 aliphatic rings. The maximum absolute atomic E-state index is 13.8. The molecule has 3 heterocycles. The van der Waals surface area contributed by atoms with Crippen molar-refractivity contribution < 1.29 is 12.8 Å². The Morgan fingerprint density at radius 2 is 1.92 bits per heavy atom. The molecule has 0 saturated heterocycles. The highest BCUT2D eigenvalue weighted by atomic mass is 32.2. The molecule has 0 saturated carbocycles. The Hall–Kier alpha value is -2.69. The van der Waals surface area contributed by atoms with E-state index in [9.17, 15) is 12.8 Å². The Labute approximate surface area is 152 Å². The van der Waals surface area contributed by atoms with Gasteiger partial charge in [-0.25, -0.2) is 17.5 Å². The van der Waals surface area contributed by atoms with E-state index in [0.29, 0.717) is 11.5 Å². The number of nitrogens with zero attached hydrogens (tertiary/aromatic N) is 4. The van der Waals surface area contributed by atoms with Gasteiger partial charge in [-0.3, -0.25) is 0 Å². The molecular weight excluding hydrogens is 377 g/mol. The summed E-state index contributed by atoms with van der Waals surface area (Å²) in [7, 11) is -4.02. The minimum absolute atomic E-state index is 0.168. The van der Waals surface area contributed by atoms with Gasteiger partial charge in [-0.1, -0.05) is 18.2 Å². The molecule has 1 aromatic carbocycles. The normalized spacial score (nSPS) is 11.9. The van der Waals surface area contributed by atoms with Gasteiger partial charge in [-0.15, -0.1) is 21.5 Å². The van der Waals surface area contributed by atoms with Crippen LogP contribution in [0.15, 0.2) is 58.8 Å². The van der Waals surface area contributed by atoms with Gasteiger partial charge >= 0.3 is 0 Å². The third kappa shape index (κ3) is 3.09. The van der Waals surface area contributed by atoms with Crippen LogP contribution in [0.25, 0.3) is 16.2 Å². The van der Waals surface area contributed by atoms with Gasteiger partial charge in [-0.2, -0.15) is 9.61 Å². The van der Waals surface area contributed by atoms with E-state index < -0.39 is 20.7 Å². The Kier molecular flexibility index (Phi) is 4.23. The first-order chi connectivity index (χ1) is 12.5. The van der Waals surface area contributed by atoms with Gasteiger partial charge < -0.3 is 0 Å². The highest BCUT2D eigenvalue weighted by molar-refractivity contribution is 7.89. The summed E-state index contributed by atoms with van der Waals surface area (Å²) >= 11 is 1.54. The third-order valence-electron chi connectivity index (χ3n) is 3.65. The van der Waals surface area contributed by atoms with Crippen molar-refractivity contribution in [1.29, 1.82) is 0 Å². The minimum Gasteiger partial charge on any atom is -0.207 e. The zero-order valence-corrected chi connectivity index (χ0v) is 14.8. The Bertz CT molecular complexity index is 1170. The van der Waals surface area contributed by atoms with Crippen LogP contribution in [0.4, 0.5) is 4.39 Å². The Morgan fingerprint density at radius 3 is 2.69 bits per heavy atom. The van der Waals surface area contributed by atoms with Crippen LogP contribution in [0.3, 0.4) is 0 Å². The summed E-state index contributed by atoms with van der Waals surface area (Å²) in [6.45, 7) is -0.168. The van der Waals surface area contributed by atoms with E-state index >= 15 is 0 Å². The molecule has 4 aromatic rings. The van der Waals surface area contributed by atoms with Crippen molar-refractivity contribution in [2.75, 3.05) is 0 Å². The quantitative estimate of drug-likeness (QED) is 0.566. The number of aromatic nitrogens is 4. The summed E-state index contributed by atoms with van der Waals surface area (Å²) in [5.74, 6) is -0.512. The van der Waals surface area contributed by atoms with Gasteiger partial charge in [-0.05, 0) is 35.7 Å². The number of hydrogen-bond acceptors (Lipinski definition) is 6. The lowest BCUT2D eigenvalue weighted by atomic mass is 10.3. The summed E-state index contributed by atoms with van der Waals surface area (Å²) in [5.41, 5.74) is 1.22. The smallest absolute Gasteiger partial charge is 0.207 e. The van der Waals surface area contributed by atoms with Gasteiger partial charge in [0.2, 0.25) is 10.0 Å². The molecule has 0 aliphatic carbocycles. The average Bonchev–Trinajstić information content (AvgIpc) is 3.30. The van der Waals surface area contributed by atoms with E-state index in [-0.39, 0.29) is 6.54 Å². The molecule has 0 fully saturated rings. The maximum Gasteiger partial charge on any atom is 0.243 e. The van der Waals surface area contributed by atoms with Crippen LogP contribution in [0.5, 0.6) is 0 Å². The number of benzene rings is 1. The number of thiophene rings is 1. The van der Waals surface area contributed by atoms with Crippen molar-refractivity contribution in [3.05, 3.63) is 65.6 Å². The molecule has 10 heteroatoms. The first-order valence-corrected chi connectivity index (χ1v) is 9.90. The lowest BCUT2D eigenvalue weighted by Gasteiger charge is -2.06. The number of sulfonamides is 1. The molecule has 0 aliphatic heterocycles. The molecule has 1 N–H and O–H groups in total. The predicted molar refractivity (Wildman–Crippen MR) is 94.5 cm³/mol. The largest absolute Gasteiger partial charge is 0.243 e. The van der Waals surface area contributed by atoms with Crippen LogP contribution in [-0.2, 0) is 16.6 Å². The Morgan fingerprint density at radius 1 is 1.08 bits per heavy atom. The number of nitrogens with one attached hydrogen (secondary N) is 1. The average molecular weight is 389 g/mol. The highest BCUT2D eigenvalue weighted by Gasteiger charge is 2.19. The maximum atomic E-state index is 13.8. The zero-order chi connectivity index (χ0) is 18.1. The van der Waals surface area contributed by atoms with Crippen molar-refractivity contribution in [1.82, 2.24) is 24.5 Å². The van der Waals surface area contributed by atoms with Crippen LogP contribution in [-0.4, -0.2) is 28.2 Å². The zero-order valence-electron chi connectivity index (χ0n) is 13.2. The molecule has 0 bridgehead atoms. The van der Waals surface area contributed by atoms with E-state index in [1.807, 2.05) is 23.6 Å². The van der Waals surface area contributed by atoms with Gasteiger partial charge in [0.1, 0.15) is 16.4 Å². The van der Waals surface area contributed by atoms with Crippen LogP contribution in [0.2, 0.25) is 0 Å². The fourth-order valence-electron chi connectivity index (χ4n) is 2.40. The molecule has 0 unspecified atom stereocenters. The van der Waals surface area contributed by atoms with Crippen LogP contribution < -0.4 is 4.72 Å². The second-order valence-electron chi connectivity index (χ2n) is 5.34.